The van der Waals surface area contributed by atoms with Crippen LogP contribution in [0.2, 0.25) is 0 Å². The molecule has 2 heteroatoms. The zero-order valence-electron chi connectivity index (χ0n) is 4.18. The van der Waals surface area contributed by atoms with E-state index < -0.39 is 0 Å². The first kappa shape index (κ1) is 6.03. The second-order valence-electron chi connectivity index (χ2n) is 1.11. The number of rotatable bonds is 1. The molecule has 1 N–H and O–H groups in total. The van der Waals surface area contributed by atoms with Gasteiger partial charge in [0.05, 0.1) is 12.5 Å². The van der Waals surface area contributed by atoms with Gasteiger partial charge in [-0.1, -0.05) is 0 Å². The molecule has 0 aromatic rings. The van der Waals surface area contributed by atoms with Crippen molar-refractivity contribution < 1.29 is 5.11 Å². The molecule has 0 aliphatic carbocycles. The molecule has 0 aromatic heterocycles. The Bertz CT molecular complexity index is 110. The first-order chi connectivity index (χ1) is 3.31. The fourth-order valence-corrected chi connectivity index (χ4v) is 0.183. The Hall–Kier alpha value is -0.970. The van der Waals surface area contributed by atoms with Gasteiger partial charge in [-0.05, 0) is 13.0 Å². The minimum absolute atomic E-state index is 0.122. The summed E-state index contributed by atoms with van der Waals surface area (Å²) in [6, 6.07) is 1.80. The molecule has 0 bridgehead atoms. The highest BCUT2D eigenvalue weighted by Gasteiger charge is 1.82. The molecule has 0 saturated heterocycles. The van der Waals surface area contributed by atoms with Crippen LogP contribution in [0.25, 0.3) is 0 Å². The van der Waals surface area contributed by atoms with Gasteiger partial charge >= 0.3 is 0 Å². The van der Waals surface area contributed by atoms with Crippen LogP contribution in [0.4, 0.5) is 0 Å². The van der Waals surface area contributed by atoms with Gasteiger partial charge in [0.2, 0.25) is 0 Å². The highest BCUT2D eigenvalue weighted by molar-refractivity contribution is 4.95. The molecule has 0 aliphatic heterocycles. The third-order valence-corrected chi connectivity index (χ3v) is 0.593. The second-order valence-corrected chi connectivity index (χ2v) is 1.11. The van der Waals surface area contributed by atoms with E-state index >= 15 is 0 Å². The van der Waals surface area contributed by atoms with E-state index in [1.807, 2.05) is 0 Å². The lowest BCUT2D eigenvalue weighted by Crippen LogP contribution is -1.73. The molecule has 0 radical (unpaired) electrons. The summed E-state index contributed by atoms with van der Waals surface area (Å²) >= 11 is 0. The zero-order valence-corrected chi connectivity index (χ0v) is 4.18. The van der Waals surface area contributed by atoms with E-state index in [9.17, 15) is 0 Å². The topological polar surface area (TPSA) is 44.0 Å². The Balaban J connectivity index is 3.43. The maximum atomic E-state index is 8.50. The molecule has 0 aromatic carbocycles. The van der Waals surface area contributed by atoms with Gasteiger partial charge in [0.15, 0.2) is 0 Å². The Morgan fingerprint density at radius 2 is 2.57 bits per heavy atom. The molecule has 0 heterocycles. The molecule has 7 heavy (non-hydrogen) atoms. The molecule has 38 valence electrons. The smallest absolute Gasteiger partial charge is 0.102 e. The van der Waals surface area contributed by atoms with Crippen molar-refractivity contribution in [2.24, 2.45) is 0 Å². The van der Waals surface area contributed by atoms with Crippen LogP contribution < -0.4 is 0 Å². The van der Waals surface area contributed by atoms with E-state index in [1.165, 1.54) is 6.08 Å². The third-order valence-electron chi connectivity index (χ3n) is 0.593. The summed E-state index contributed by atoms with van der Waals surface area (Å²) in [4.78, 5) is 0. The van der Waals surface area contributed by atoms with Crippen LogP contribution in [-0.2, 0) is 0 Å². The molecule has 0 saturated carbocycles. The lowest BCUT2D eigenvalue weighted by atomic mass is 10.4. The van der Waals surface area contributed by atoms with Gasteiger partial charge in [0, 0.05) is 0 Å². The van der Waals surface area contributed by atoms with Crippen molar-refractivity contribution in [3.05, 3.63) is 11.8 Å². The van der Waals surface area contributed by atoms with Gasteiger partial charge in [-0.15, -0.1) is 0 Å². The summed E-state index contributed by atoms with van der Waals surface area (Å²) in [6.45, 7) is 1.69. The number of nitriles is 1. The average Bonchev–Trinajstić information content (AvgIpc) is 1.68. The van der Waals surface area contributed by atoms with Gasteiger partial charge < -0.3 is 5.11 Å². The number of aliphatic hydroxyl groups is 1. The summed E-state index contributed by atoms with van der Waals surface area (Å²) in [5.74, 6) is 0.141. The third kappa shape index (κ3) is 2.84. The van der Waals surface area contributed by atoms with Gasteiger partial charge in [-0.3, -0.25) is 0 Å². The van der Waals surface area contributed by atoms with Crippen LogP contribution in [0.15, 0.2) is 11.8 Å². The molecule has 0 fully saturated rings. The number of aliphatic hydroxyl groups excluding tert-OH is 1. The summed E-state index contributed by atoms with van der Waals surface area (Å²) < 4.78 is 0. The predicted molar refractivity (Wildman–Crippen MR) is 26.6 cm³/mol. The van der Waals surface area contributed by atoms with E-state index in [0.717, 1.165) is 0 Å². The predicted octanol–water partition coefficient (Wildman–Crippen LogP) is 1.36. The normalized spacial score (nSPS) is 10.6. The maximum Gasteiger partial charge on any atom is 0.102 e. The molecule has 0 amide bonds. The largest absolute Gasteiger partial charge is 0.512 e. The second kappa shape index (κ2) is 3.23. The number of nitrogens with zero attached hydrogens (tertiary/aromatic N) is 1. The Morgan fingerprint density at radius 3 is 2.71 bits per heavy atom. The average molecular weight is 97.1 g/mol. The van der Waals surface area contributed by atoms with E-state index in [2.05, 4.69) is 0 Å². The van der Waals surface area contributed by atoms with Crippen molar-refractivity contribution in [1.82, 2.24) is 0 Å². The van der Waals surface area contributed by atoms with E-state index in [1.54, 1.807) is 13.0 Å². The molecule has 0 unspecified atom stereocenters. The molecule has 2 nitrogen and oxygen atoms in total. The summed E-state index contributed by atoms with van der Waals surface area (Å²) in [5.41, 5.74) is 0. The quantitative estimate of drug-likeness (QED) is 0.502. The standard InChI is InChI=1S/C5H7NO/c1-2-5(7)3-4-6/h2,7H,3H2,1H3. The molecular weight excluding hydrogens is 90.1 g/mol. The highest BCUT2D eigenvalue weighted by Crippen LogP contribution is 1.90. The fraction of sp³-hybridized carbons (Fsp3) is 0.400. The lowest BCUT2D eigenvalue weighted by Gasteiger charge is -1.82. The minimum atomic E-state index is 0.122. The first-order valence-corrected chi connectivity index (χ1v) is 2.02. The van der Waals surface area contributed by atoms with Crippen LogP contribution in [-0.4, -0.2) is 5.11 Å². The number of hydrogen-bond acceptors (Lipinski definition) is 2. The monoisotopic (exact) mass is 97.1 g/mol. The summed E-state index contributed by atoms with van der Waals surface area (Å²) in [5, 5.41) is 16.4. The molecular formula is C5H7NO. The van der Waals surface area contributed by atoms with Crippen LogP contribution in [0, 0.1) is 11.3 Å². The Morgan fingerprint density at radius 1 is 2.00 bits per heavy atom. The van der Waals surface area contributed by atoms with Crippen molar-refractivity contribution >= 4 is 0 Å². The Labute approximate surface area is 42.7 Å². The highest BCUT2D eigenvalue weighted by atomic mass is 16.3. The molecule has 0 aliphatic rings. The Kier molecular flexibility index (Phi) is 2.78. The zero-order chi connectivity index (χ0) is 5.70. The van der Waals surface area contributed by atoms with Gasteiger partial charge in [0.25, 0.3) is 0 Å². The summed E-state index contributed by atoms with van der Waals surface area (Å²) in [7, 11) is 0. The fourth-order valence-electron chi connectivity index (χ4n) is 0.183. The molecule has 0 rings (SSSR count). The first-order valence-electron chi connectivity index (χ1n) is 2.02. The summed E-state index contributed by atoms with van der Waals surface area (Å²) in [6.07, 6.45) is 1.62. The van der Waals surface area contributed by atoms with Crippen LogP contribution in [0.3, 0.4) is 0 Å². The number of hydrogen-bond donors (Lipinski definition) is 1. The van der Waals surface area contributed by atoms with Crippen molar-refractivity contribution in [1.29, 1.82) is 5.26 Å². The van der Waals surface area contributed by atoms with Crippen molar-refractivity contribution in [2.75, 3.05) is 0 Å². The van der Waals surface area contributed by atoms with Gasteiger partial charge in [-0.2, -0.15) is 5.26 Å². The minimum Gasteiger partial charge on any atom is -0.512 e. The SMILES string of the molecule is CC=C(O)CC#N. The van der Waals surface area contributed by atoms with Crippen molar-refractivity contribution in [3.63, 3.8) is 0 Å². The molecule has 0 spiro atoms. The lowest BCUT2D eigenvalue weighted by molar-refractivity contribution is 0.401. The molecule has 0 atom stereocenters. The van der Waals surface area contributed by atoms with Crippen LogP contribution in [0.1, 0.15) is 13.3 Å². The van der Waals surface area contributed by atoms with E-state index in [-0.39, 0.29) is 12.2 Å². The van der Waals surface area contributed by atoms with Gasteiger partial charge in [-0.25, -0.2) is 0 Å². The van der Waals surface area contributed by atoms with E-state index in [4.69, 9.17) is 10.4 Å². The van der Waals surface area contributed by atoms with E-state index in [0.29, 0.717) is 0 Å². The number of allylic oxidation sites excluding steroid dienone is 2. The maximum absolute atomic E-state index is 8.50. The van der Waals surface area contributed by atoms with Crippen LogP contribution >= 0.6 is 0 Å². The van der Waals surface area contributed by atoms with Crippen LogP contribution in [0.5, 0.6) is 0 Å². The van der Waals surface area contributed by atoms with Crippen molar-refractivity contribution in [2.45, 2.75) is 13.3 Å². The van der Waals surface area contributed by atoms with Gasteiger partial charge in [0.1, 0.15) is 5.76 Å². The van der Waals surface area contributed by atoms with Crippen molar-refractivity contribution in [3.8, 4) is 6.07 Å².